The van der Waals surface area contributed by atoms with E-state index in [0.717, 1.165) is 18.6 Å². The van der Waals surface area contributed by atoms with Gasteiger partial charge in [0.2, 0.25) is 0 Å². The van der Waals surface area contributed by atoms with Crippen molar-refractivity contribution < 1.29 is 19.0 Å². The Morgan fingerprint density at radius 3 is 2.56 bits per heavy atom. The number of alkyl halides is 1. The van der Waals surface area contributed by atoms with Crippen molar-refractivity contribution in [3.8, 4) is 5.75 Å². The highest BCUT2D eigenvalue weighted by molar-refractivity contribution is 6.29. The number of ether oxygens (including phenoxy) is 3. The van der Waals surface area contributed by atoms with Gasteiger partial charge in [-0.3, -0.25) is 4.79 Å². The molecule has 0 aliphatic carbocycles. The highest BCUT2D eigenvalue weighted by Crippen LogP contribution is 2.25. The average molecular weight is 372 g/mol. The summed E-state index contributed by atoms with van der Waals surface area (Å²) in [6.07, 6.45) is 1.22. The summed E-state index contributed by atoms with van der Waals surface area (Å²) in [6.45, 7) is 6.62. The molecule has 1 saturated heterocycles. The second-order valence-corrected chi connectivity index (χ2v) is 7.23. The number of hydrogen-bond donors (Lipinski definition) is 1. The molecule has 142 valence electrons. The number of hydrogen-bond acceptors (Lipinski definition) is 5. The third-order valence-corrected chi connectivity index (χ3v) is 4.38. The van der Waals surface area contributed by atoms with Crippen LogP contribution in [-0.4, -0.2) is 36.3 Å². The Balaban J connectivity index is 0.00000312. The smallest absolute Gasteiger partial charge is 0.324 e. The van der Waals surface area contributed by atoms with E-state index in [9.17, 15) is 4.79 Å². The van der Waals surface area contributed by atoms with Crippen molar-refractivity contribution in [3.05, 3.63) is 30.3 Å². The van der Waals surface area contributed by atoms with Crippen LogP contribution in [-0.2, 0) is 14.3 Å². The summed E-state index contributed by atoms with van der Waals surface area (Å²) in [5.41, 5.74) is 0. The van der Waals surface area contributed by atoms with Gasteiger partial charge in [-0.05, 0) is 44.2 Å². The van der Waals surface area contributed by atoms with Crippen molar-refractivity contribution in [1.82, 2.24) is 6.15 Å². The first-order valence-electron chi connectivity index (χ1n) is 8.65. The van der Waals surface area contributed by atoms with Gasteiger partial charge in [0, 0.05) is 6.61 Å². The van der Waals surface area contributed by atoms with Crippen LogP contribution in [0.3, 0.4) is 0 Å². The van der Waals surface area contributed by atoms with Gasteiger partial charge in [-0.15, -0.1) is 11.6 Å². The number of cyclic esters (lactones) is 1. The van der Waals surface area contributed by atoms with Gasteiger partial charge in [-0.1, -0.05) is 32.0 Å². The first-order chi connectivity index (χ1) is 11.5. The number of para-hydroxylation sites is 1. The predicted octanol–water partition coefficient (Wildman–Crippen LogP) is 4.36. The Morgan fingerprint density at radius 2 is 1.92 bits per heavy atom. The molecule has 25 heavy (non-hydrogen) atoms. The van der Waals surface area contributed by atoms with Gasteiger partial charge in [0.25, 0.3) is 0 Å². The molecule has 0 aromatic heterocycles. The maximum Gasteiger partial charge on any atom is 0.324 e. The molecule has 3 N–H and O–H groups in total. The summed E-state index contributed by atoms with van der Waals surface area (Å²) in [5, 5.41) is -0.603. The number of benzene rings is 1. The molecule has 6 heteroatoms. The number of halogens is 1. The average Bonchev–Trinajstić information content (AvgIpc) is 2.58. The Labute approximate surface area is 155 Å². The number of esters is 1. The zero-order valence-electron chi connectivity index (χ0n) is 15.3. The number of carbonyl (C=O) groups excluding carboxylic acids is 1. The largest absolute Gasteiger partial charge is 0.488 e. The molecule has 1 aliphatic heterocycles. The van der Waals surface area contributed by atoms with Gasteiger partial charge in [0.15, 0.2) is 0 Å². The van der Waals surface area contributed by atoms with Crippen molar-refractivity contribution >= 4 is 17.6 Å². The standard InChI is InChI=1S/C19H27ClO4.H3N/c1-13(2)12-22-18-14(3)23-19(21)16(20)10-7-11-17(18)24-15-8-5-4-6-9-15;/h4-6,8-9,13-14,16-18H,7,10-12H2,1-3H3;1H3/t14-,16-,17-,18-;/m0./s1. The molecule has 0 unspecified atom stereocenters. The molecule has 2 rings (SSSR count). The van der Waals surface area contributed by atoms with Crippen LogP contribution < -0.4 is 10.9 Å². The van der Waals surface area contributed by atoms with E-state index in [-0.39, 0.29) is 24.3 Å². The third-order valence-electron chi connectivity index (χ3n) is 3.99. The van der Waals surface area contributed by atoms with Gasteiger partial charge in [0.1, 0.15) is 29.4 Å². The lowest BCUT2D eigenvalue weighted by atomic mass is 10.0. The predicted molar refractivity (Wildman–Crippen MR) is 99.5 cm³/mol. The van der Waals surface area contributed by atoms with E-state index in [1.165, 1.54) is 0 Å². The summed E-state index contributed by atoms with van der Waals surface area (Å²) in [7, 11) is 0. The minimum Gasteiger partial charge on any atom is -0.488 e. The maximum atomic E-state index is 12.0. The number of carbonyl (C=O) groups is 1. The molecule has 1 fully saturated rings. The molecule has 1 aromatic rings. The van der Waals surface area contributed by atoms with Gasteiger partial charge in [-0.2, -0.15) is 0 Å². The van der Waals surface area contributed by atoms with E-state index in [2.05, 4.69) is 13.8 Å². The molecule has 1 aliphatic rings. The van der Waals surface area contributed by atoms with Crippen molar-refractivity contribution in [2.75, 3.05) is 6.61 Å². The van der Waals surface area contributed by atoms with Crippen LogP contribution in [0, 0.1) is 5.92 Å². The lowest BCUT2D eigenvalue weighted by molar-refractivity contribution is -0.161. The van der Waals surface area contributed by atoms with Gasteiger partial charge < -0.3 is 20.4 Å². The van der Waals surface area contributed by atoms with E-state index >= 15 is 0 Å². The van der Waals surface area contributed by atoms with Crippen molar-refractivity contribution in [2.45, 2.75) is 63.7 Å². The van der Waals surface area contributed by atoms with Gasteiger partial charge in [-0.25, -0.2) is 0 Å². The summed E-state index contributed by atoms with van der Waals surface area (Å²) >= 11 is 6.11. The van der Waals surface area contributed by atoms with Crippen LogP contribution in [0.2, 0.25) is 0 Å². The second kappa shape index (κ2) is 10.6. The first kappa shape index (κ1) is 21.7. The topological polar surface area (TPSA) is 79.8 Å². The van der Waals surface area contributed by atoms with Gasteiger partial charge in [0.05, 0.1) is 0 Å². The fraction of sp³-hybridized carbons (Fsp3) is 0.632. The Kier molecular flexibility index (Phi) is 9.25. The van der Waals surface area contributed by atoms with E-state index in [4.69, 9.17) is 25.8 Å². The molecular weight excluding hydrogens is 342 g/mol. The quantitative estimate of drug-likeness (QED) is 0.614. The molecule has 1 aromatic carbocycles. The van der Waals surface area contributed by atoms with Gasteiger partial charge >= 0.3 is 5.97 Å². The first-order valence-corrected chi connectivity index (χ1v) is 9.09. The van der Waals surface area contributed by atoms with Crippen LogP contribution in [0.1, 0.15) is 40.0 Å². The van der Waals surface area contributed by atoms with Crippen LogP contribution in [0.5, 0.6) is 5.75 Å². The van der Waals surface area contributed by atoms with Crippen molar-refractivity contribution in [1.29, 1.82) is 0 Å². The summed E-state index contributed by atoms with van der Waals surface area (Å²) in [6, 6.07) is 9.67. The Bertz CT molecular complexity index is 511. The minimum absolute atomic E-state index is 0. The van der Waals surface area contributed by atoms with E-state index in [1.54, 1.807) is 0 Å². The molecule has 0 radical (unpaired) electrons. The molecular formula is C19H30ClNO4. The van der Waals surface area contributed by atoms with E-state index in [1.807, 2.05) is 37.3 Å². The van der Waals surface area contributed by atoms with Crippen LogP contribution in [0.4, 0.5) is 0 Å². The molecule has 4 atom stereocenters. The zero-order valence-corrected chi connectivity index (χ0v) is 16.1. The lowest BCUT2D eigenvalue weighted by Gasteiger charge is -2.31. The monoisotopic (exact) mass is 371 g/mol. The summed E-state index contributed by atoms with van der Waals surface area (Å²) in [4.78, 5) is 12.0. The van der Waals surface area contributed by atoms with Crippen molar-refractivity contribution in [3.63, 3.8) is 0 Å². The molecule has 5 nitrogen and oxygen atoms in total. The summed E-state index contributed by atoms with van der Waals surface area (Å²) < 4.78 is 17.8. The molecule has 0 amide bonds. The molecule has 0 saturated carbocycles. The highest BCUT2D eigenvalue weighted by atomic mass is 35.5. The second-order valence-electron chi connectivity index (χ2n) is 6.70. The lowest BCUT2D eigenvalue weighted by Crippen LogP contribution is -2.44. The normalized spacial score (nSPS) is 27.5. The Hall–Kier alpha value is -1.30. The number of rotatable bonds is 5. The third kappa shape index (κ3) is 6.84. The van der Waals surface area contributed by atoms with Crippen molar-refractivity contribution in [2.24, 2.45) is 5.92 Å². The minimum atomic E-state index is -0.603. The SMILES string of the molecule is CC(C)CO[C@H]1[C@H](C)OC(=O)[C@@H](Cl)CCC[C@@H]1Oc1ccccc1.N. The fourth-order valence-electron chi connectivity index (χ4n) is 2.75. The Morgan fingerprint density at radius 1 is 1.24 bits per heavy atom. The summed E-state index contributed by atoms with van der Waals surface area (Å²) in [5.74, 6) is 0.808. The van der Waals surface area contributed by atoms with E-state index in [0.29, 0.717) is 18.9 Å². The van der Waals surface area contributed by atoms with Crippen LogP contribution in [0.25, 0.3) is 0 Å². The van der Waals surface area contributed by atoms with Crippen LogP contribution >= 0.6 is 11.6 Å². The van der Waals surface area contributed by atoms with Crippen LogP contribution in [0.15, 0.2) is 30.3 Å². The molecule has 1 heterocycles. The molecule has 0 spiro atoms. The highest BCUT2D eigenvalue weighted by Gasteiger charge is 2.35. The zero-order chi connectivity index (χ0) is 17.5. The van der Waals surface area contributed by atoms with E-state index < -0.39 is 11.5 Å². The fourth-order valence-corrected chi connectivity index (χ4v) is 2.96. The molecule has 0 bridgehead atoms. The maximum absolute atomic E-state index is 12.0.